The second-order valence-electron chi connectivity index (χ2n) is 6.85. The van der Waals surface area contributed by atoms with Gasteiger partial charge in [0.25, 0.3) is 5.91 Å². The van der Waals surface area contributed by atoms with Crippen LogP contribution in [0.15, 0.2) is 36.4 Å². The van der Waals surface area contributed by atoms with Gasteiger partial charge in [0.1, 0.15) is 0 Å². The van der Waals surface area contributed by atoms with Crippen molar-refractivity contribution >= 4 is 40.7 Å². The fraction of sp³-hybridized carbons (Fsp3) is 0.300. The number of hydrogen-bond acceptors (Lipinski definition) is 2. The normalized spacial score (nSPS) is 16.2. The summed E-state index contributed by atoms with van der Waals surface area (Å²) in [5.41, 5.74) is 3.39. The molecule has 0 aromatic heterocycles. The lowest BCUT2D eigenvalue weighted by molar-refractivity contribution is -0.133. The lowest BCUT2D eigenvalue weighted by atomic mass is 9.98. The average Bonchev–Trinajstić information content (AvgIpc) is 3.45. The maximum absolute atomic E-state index is 12.5. The van der Waals surface area contributed by atoms with Gasteiger partial charge < -0.3 is 10.2 Å². The second kappa shape index (κ2) is 6.93. The minimum Gasteiger partial charge on any atom is -0.338 e. The summed E-state index contributed by atoms with van der Waals surface area (Å²) < 4.78 is 0. The van der Waals surface area contributed by atoms with Crippen molar-refractivity contribution in [2.24, 2.45) is 5.92 Å². The highest BCUT2D eigenvalue weighted by atomic mass is 35.5. The molecule has 6 heteroatoms. The van der Waals surface area contributed by atoms with E-state index in [1.165, 1.54) is 5.56 Å². The van der Waals surface area contributed by atoms with Crippen LogP contribution in [0.5, 0.6) is 0 Å². The van der Waals surface area contributed by atoms with Gasteiger partial charge in [0.05, 0.1) is 10.6 Å². The van der Waals surface area contributed by atoms with E-state index >= 15 is 0 Å². The zero-order valence-corrected chi connectivity index (χ0v) is 15.6. The largest absolute Gasteiger partial charge is 0.338 e. The Bertz CT molecular complexity index is 893. The summed E-state index contributed by atoms with van der Waals surface area (Å²) in [5, 5.41) is 3.68. The Kier molecular flexibility index (Phi) is 4.63. The molecule has 0 atom stereocenters. The van der Waals surface area contributed by atoms with Crippen molar-refractivity contribution in [1.29, 1.82) is 0 Å². The van der Waals surface area contributed by atoms with Gasteiger partial charge in [-0.15, -0.1) is 0 Å². The van der Waals surface area contributed by atoms with Crippen LogP contribution in [0.3, 0.4) is 0 Å². The topological polar surface area (TPSA) is 49.4 Å². The van der Waals surface area contributed by atoms with Crippen LogP contribution in [0, 0.1) is 5.92 Å². The number of nitrogens with one attached hydrogen (secondary N) is 1. The molecule has 0 spiro atoms. The van der Waals surface area contributed by atoms with Crippen molar-refractivity contribution in [3.63, 3.8) is 0 Å². The Balaban J connectivity index is 1.51. The Hall–Kier alpha value is -2.04. The molecule has 26 heavy (non-hydrogen) atoms. The molecule has 1 heterocycles. The van der Waals surface area contributed by atoms with Gasteiger partial charge in [-0.25, -0.2) is 0 Å². The van der Waals surface area contributed by atoms with E-state index in [4.69, 9.17) is 23.2 Å². The number of carbonyl (C=O) groups excluding carboxylic acids is 2. The molecule has 4 nitrogen and oxygen atoms in total. The monoisotopic (exact) mass is 388 g/mol. The summed E-state index contributed by atoms with van der Waals surface area (Å²) in [6, 6.07) is 10.6. The van der Waals surface area contributed by atoms with Gasteiger partial charge in [0, 0.05) is 29.7 Å². The summed E-state index contributed by atoms with van der Waals surface area (Å²) in [6.07, 6.45) is 2.88. The fourth-order valence-corrected chi connectivity index (χ4v) is 3.78. The van der Waals surface area contributed by atoms with Gasteiger partial charge >= 0.3 is 0 Å². The summed E-state index contributed by atoms with van der Waals surface area (Å²) in [4.78, 5) is 26.7. The number of carbonyl (C=O) groups is 2. The van der Waals surface area contributed by atoms with Crippen molar-refractivity contribution in [3.8, 4) is 0 Å². The molecule has 1 fully saturated rings. The first-order chi connectivity index (χ1) is 12.5. The smallest absolute Gasteiger partial charge is 0.257 e. The highest BCUT2D eigenvalue weighted by Gasteiger charge is 2.34. The molecule has 1 N–H and O–H groups in total. The van der Waals surface area contributed by atoms with Gasteiger partial charge in [-0.2, -0.15) is 0 Å². The van der Waals surface area contributed by atoms with Crippen LogP contribution in [0.2, 0.25) is 10.0 Å². The highest BCUT2D eigenvalue weighted by molar-refractivity contribution is 6.37. The van der Waals surface area contributed by atoms with Gasteiger partial charge in [0.2, 0.25) is 5.91 Å². The Morgan fingerprint density at radius 1 is 1.04 bits per heavy atom. The number of amides is 2. The van der Waals surface area contributed by atoms with Gasteiger partial charge in [0.15, 0.2) is 0 Å². The molecule has 0 radical (unpaired) electrons. The van der Waals surface area contributed by atoms with E-state index in [1.807, 2.05) is 23.1 Å². The van der Waals surface area contributed by atoms with E-state index < -0.39 is 0 Å². The maximum atomic E-state index is 12.5. The minimum atomic E-state index is -0.284. The fourth-order valence-electron chi connectivity index (χ4n) is 3.28. The van der Waals surface area contributed by atoms with E-state index in [2.05, 4.69) is 5.32 Å². The van der Waals surface area contributed by atoms with Crippen molar-refractivity contribution < 1.29 is 9.59 Å². The Morgan fingerprint density at radius 2 is 1.85 bits per heavy atom. The molecule has 0 saturated heterocycles. The van der Waals surface area contributed by atoms with Gasteiger partial charge in [-0.3, -0.25) is 9.59 Å². The highest BCUT2D eigenvalue weighted by Crippen LogP contribution is 2.33. The number of rotatable bonds is 3. The first kappa shape index (κ1) is 17.4. The van der Waals surface area contributed by atoms with E-state index in [-0.39, 0.29) is 17.7 Å². The molecule has 4 rings (SSSR count). The van der Waals surface area contributed by atoms with Crippen LogP contribution in [0.25, 0.3) is 0 Å². The molecular formula is C20H18Cl2N2O2. The molecule has 2 aromatic carbocycles. The van der Waals surface area contributed by atoms with Gasteiger partial charge in [-0.05, 0) is 60.7 Å². The Morgan fingerprint density at radius 3 is 2.58 bits per heavy atom. The third-order valence-corrected chi connectivity index (χ3v) is 5.44. The van der Waals surface area contributed by atoms with Crippen LogP contribution in [0.4, 0.5) is 5.69 Å². The van der Waals surface area contributed by atoms with Crippen molar-refractivity contribution in [2.75, 3.05) is 11.9 Å². The number of fused-ring (bicyclic) bond motifs is 1. The van der Waals surface area contributed by atoms with Crippen molar-refractivity contribution in [2.45, 2.75) is 25.8 Å². The summed E-state index contributed by atoms with van der Waals surface area (Å²) >= 11 is 12.0. The molecule has 2 aromatic rings. The SMILES string of the molecule is O=C(Nc1ccc2c(c1)CN(C(=O)C1CC1)CC2)c1ccc(Cl)cc1Cl. The zero-order chi connectivity index (χ0) is 18.3. The minimum absolute atomic E-state index is 0.228. The zero-order valence-electron chi connectivity index (χ0n) is 14.1. The van der Waals surface area contributed by atoms with E-state index in [1.54, 1.807) is 18.2 Å². The number of nitrogens with zero attached hydrogens (tertiary/aromatic N) is 1. The number of hydrogen-bond donors (Lipinski definition) is 1. The molecule has 2 aliphatic rings. The molecule has 1 aliphatic carbocycles. The molecule has 1 aliphatic heterocycles. The van der Waals surface area contributed by atoms with Crippen LogP contribution < -0.4 is 5.32 Å². The van der Waals surface area contributed by atoms with E-state index in [0.29, 0.717) is 27.8 Å². The van der Waals surface area contributed by atoms with Crippen molar-refractivity contribution in [1.82, 2.24) is 4.90 Å². The Labute approximate surface area is 162 Å². The average molecular weight is 389 g/mol. The first-order valence-corrected chi connectivity index (χ1v) is 9.44. The lowest BCUT2D eigenvalue weighted by Gasteiger charge is -2.29. The lowest BCUT2D eigenvalue weighted by Crippen LogP contribution is -2.36. The number of halogens is 2. The van der Waals surface area contributed by atoms with Crippen LogP contribution >= 0.6 is 23.2 Å². The predicted molar refractivity (Wildman–Crippen MR) is 103 cm³/mol. The predicted octanol–water partition coefficient (Wildman–Crippen LogP) is 4.54. The third kappa shape index (κ3) is 3.57. The molecule has 0 unspecified atom stereocenters. The maximum Gasteiger partial charge on any atom is 0.257 e. The summed E-state index contributed by atoms with van der Waals surface area (Å²) in [7, 11) is 0. The van der Waals surface area contributed by atoms with Crippen LogP contribution in [0.1, 0.15) is 34.3 Å². The number of anilines is 1. The third-order valence-electron chi connectivity index (χ3n) is 4.89. The summed E-state index contributed by atoms with van der Waals surface area (Å²) in [6.45, 7) is 1.38. The quantitative estimate of drug-likeness (QED) is 0.838. The van der Waals surface area contributed by atoms with Crippen molar-refractivity contribution in [3.05, 3.63) is 63.1 Å². The first-order valence-electron chi connectivity index (χ1n) is 8.68. The van der Waals surface area contributed by atoms with E-state index in [9.17, 15) is 9.59 Å². The molecular weight excluding hydrogens is 371 g/mol. The number of benzene rings is 2. The molecule has 1 saturated carbocycles. The summed E-state index contributed by atoms with van der Waals surface area (Å²) in [5.74, 6) is 0.206. The van der Waals surface area contributed by atoms with Gasteiger partial charge in [-0.1, -0.05) is 29.3 Å². The second-order valence-corrected chi connectivity index (χ2v) is 7.69. The molecule has 2 amide bonds. The van der Waals surface area contributed by atoms with Crippen LogP contribution in [-0.2, 0) is 17.8 Å². The molecule has 134 valence electrons. The van der Waals surface area contributed by atoms with Crippen LogP contribution in [-0.4, -0.2) is 23.3 Å². The molecule has 0 bridgehead atoms. The standard InChI is InChI=1S/C20H18Cl2N2O2/c21-15-4-6-17(18(22)10-15)19(25)23-16-5-3-12-7-8-24(11-14(12)9-16)20(26)13-1-2-13/h3-6,9-10,13H,1-2,7-8,11H2,(H,23,25). The van der Waals surface area contributed by atoms with E-state index in [0.717, 1.165) is 31.4 Å².